The molecule has 1 aliphatic heterocycles. The number of aromatic nitrogens is 2. The fraction of sp³-hybridized carbons (Fsp3) is 0.500. The molecule has 1 amide bonds. The maximum Gasteiger partial charge on any atom is 0.272 e. The van der Waals surface area contributed by atoms with Gasteiger partial charge in [-0.2, -0.15) is 5.10 Å². The quantitative estimate of drug-likeness (QED) is 0.877. The predicted octanol–water partition coefficient (Wildman–Crippen LogP) is 3.16. The number of fused-ring (bicyclic) bond motifs is 1. The molecule has 0 unspecified atom stereocenters. The van der Waals surface area contributed by atoms with E-state index in [4.69, 9.17) is 0 Å². The second-order valence-electron chi connectivity index (χ2n) is 8.48. The van der Waals surface area contributed by atoms with Crippen molar-refractivity contribution in [2.24, 2.45) is 0 Å². The number of hydrogen-bond donors (Lipinski definition) is 1. The van der Waals surface area contributed by atoms with Gasteiger partial charge in [0.05, 0.1) is 22.2 Å². The van der Waals surface area contributed by atoms with Crippen molar-refractivity contribution in [1.82, 2.24) is 15.1 Å². The van der Waals surface area contributed by atoms with Crippen molar-refractivity contribution >= 4 is 15.7 Å². The van der Waals surface area contributed by atoms with Crippen LogP contribution in [0.4, 0.5) is 0 Å². The van der Waals surface area contributed by atoms with Crippen LogP contribution in [-0.2, 0) is 15.4 Å². The summed E-state index contributed by atoms with van der Waals surface area (Å²) in [6, 6.07) is 8.49. The van der Waals surface area contributed by atoms with Gasteiger partial charge in [-0.15, -0.1) is 0 Å². The second kappa shape index (κ2) is 6.19. The molecule has 1 aromatic carbocycles. The Labute approximate surface area is 159 Å². The Bertz CT molecular complexity index is 998. The molecule has 0 bridgehead atoms. The highest BCUT2D eigenvalue weighted by Crippen LogP contribution is 2.42. The Balaban J connectivity index is 1.62. The number of amides is 1. The number of carbonyl (C=O) groups excluding carboxylic acids is 1. The van der Waals surface area contributed by atoms with E-state index in [1.54, 1.807) is 24.3 Å². The second-order valence-corrected chi connectivity index (χ2v) is 10.6. The average molecular weight is 388 g/mol. The maximum atomic E-state index is 12.9. The molecule has 1 atom stereocenters. The van der Waals surface area contributed by atoms with Crippen LogP contribution in [0.15, 0.2) is 35.2 Å². The van der Waals surface area contributed by atoms with Crippen molar-refractivity contribution in [2.45, 2.75) is 62.4 Å². The number of rotatable bonds is 3. The lowest BCUT2D eigenvalue weighted by molar-refractivity contribution is 0.0928. The molecule has 0 saturated heterocycles. The van der Waals surface area contributed by atoms with E-state index in [9.17, 15) is 13.2 Å². The summed E-state index contributed by atoms with van der Waals surface area (Å²) >= 11 is 0. The monoisotopic (exact) mass is 387 g/mol. The normalized spacial score (nSPS) is 21.5. The van der Waals surface area contributed by atoms with Crippen molar-refractivity contribution in [2.75, 3.05) is 5.75 Å². The summed E-state index contributed by atoms with van der Waals surface area (Å²) in [7, 11) is -3.27. The summed E-state index contributed by atoms with van der Waals surface area (Å²) in [4.78, 5) is 13.2. The van der Waals surface area contributed by atoms with Gasteiger partial charge in [0.1, 0.15) is 5.69 Å². The molecule has 1 aliphatic carbocycles. The van der Waals surface area contributed by atoms with Crippen LogP contribution in [0.1, 0.15) is 73.7 Å². The Morgan fingerprint density at radius 2 is 1.89 bits per heavy atom. The van der Waals surface area contributed by atoms with E-state index in [-0.39, 0.29) is 23.2 Å². The van der Waals surface area contributed by atoms with Gasteiger partial charge in [-0.05, 0) is 57.7 Å². The first-order valence-corrected chi connectivity index (χ1v) is 11.0. The molecule has 2 heterocycles. The highest BCUT2D eigenvalue weighted by molar-refractivity contribution is 7.91. The third kappa shape index (κ3) is 3.40. The van der Waals surface area contributed by atoms with Gasteiger partial charge in [-0.1, -0.05) is 18.2 Å². The van der Waals surface area contributed by atoms with Gasteiger partial charge in [0, 0.05) is 11.6 Å². The van der Waals surface area contributed by atoms with E-state index >= 15 is 0 Å². The van der Waals surface area contributed by atoms with Crippen molar-refractivity contribution in [3.05, 3.63) is 47.3 Å². The molecule has 4 rings (SSSR count). The van der Waals surface area contributed by atoms with Gasteiger partial charge in [-0.25, -0.2) is 8.42 Å². The molecule has 1 N–H and O–H groups in total. The third-order valence-corrected chi connectivity index (χ3v) is 7.03. The lowest BCUT2D eigenvalue weighted by atomic mass is 10.0. The van der Waals surface area contributed by atoms with Crippen molar-refractivity contribution < 1.29 is 13.2 Å². The zero-order valence-corrected chi connectivity index (χ0v) is 16.7. The van der Waals surface area contributed by atoms with Crippen molar-refractivity contribution in [3.8, 4) is 0 Å². The molecule has 2 aliphatic rings. The zero-order valence-electron chi connectivity index (χ0n) is 15.9. The zero-order chi connectivity index (χ0) is 19.4. The minimum atomic E-state index is -3.27. The molecule has 144 valence electrons. The van der Waals surface area contributed by atoms with E-state index in [1.807, 2.05) is 10.7 Å². The maximum absolute atomic E-state index is 12.9. The summed E-state index contributed by atoms with van der Waals surface area (Å²) in [5, 5.41) is 7.58. The lowest BCUT2D eigenvalue weighted by Crippen LogP contribution is -2.34. The molecule has 27 heavy (non-hydrogen) atoms. The predicted molar refractivity (Wildman–Crippen MR) is 103 cm³/mol. The number of carbonyl (C=O) groups is 1. The number of benzene rings is 1. The number of sulfone groups is 1. The Morgan fingerprint density at radius 3 is 2.56 bits per heavy atom. The highest BCUT2D eigenvalue weighted by Gasteiger charge is 2.34. The Morgan fingerprint density at radius 1 is 1.19 bits per heavy atom. The molecule has 0 spiro atoms. The molecule has 6 nitrogen and oxygen atoms in total. The summed E-state index contributed by atoms with van der Waals surface area (Å²) in [5.41, 5.74) is 1.98. The molecular formula is C20H25N3O3S. The fourth-order valence-electron chi connectivity index (χ4n) is 3.69. The molecule has 0 radical (unpaired) electrons. The smallest absolute Gasteiger partial charge is 0.272 e. The van der Waals surface area contributed by atoms with E-state index in [2.05, 4.69) is 31.2 Å². The number of nitrogens with one attached hydrogen (secondary N) is 1. The standard InChI is InChI=1S/C20H25N3O3S/c1-20(2,3)23-17(13-8-9-13)12-16(22-23)19(24)21-15-10-11-27(25,26)18-7-5-4-6-14(15)18/h4-7,12-13,15H,8-11H2,1-3H3,(H,21,24)/t15-/m1/s1. The minimum absolute atomic E-state index is 0.0404. The first-order chi connectivity index (χ1) is 12.7. The molecule has 2 aromatic rings. The molecular weight excluding hydrogens is 362 g/mol. The van der Waals surface area contributed by atoms with Crippen LogP contribution in [-0.4, -0.2) is 29.9 Å². The van der Waals surface area contributed by atoms with E-state index in [1.165, 1.54) is 0 Å². The van der Waals surface area contributed by atoms with Gasteiger partial charge in [0.25, 0.3) is 5.91 Å². The van der Waals surface area contributed by atoms with E-state index in [0.717, 1.165) is 18.5 Å². The molecule has 7 heteroatoms. The van der Waals surface area contributed by atoms with Gasteiger partial charge >= 0.3 is 0 Å². The summed E-state index contributed by atoms with van der Waals surface area (Å²) in [6.45, 7) is 6.24. The highest BCUT2D eigenvalue weighted by atomic mass is 32.2. The van der Waals surface area contributed by atoms with Gasteiger partial charge in [0.15, 0.2) is 9.84 Å². The van der Waals surface area contributed by atoms with Crippen LogP contribution in [0.25, 0.3) is 0 Å². The largest absolute Gasteiger partial charge is 0.344 e. The van der Waals surface area contributed by atoms with Crippen LogP contribution in [0.2, 0.25) is 0 Å². The van der Waals surface area contributed by atoms with Crippen LogP contribution >= 0.6 is 0 Å². The fourth-order valence-corrected chi connectivity index (χ4v) is 5.31. The van der Waals surface area contributed by atoms with E-state index < -0.39 is 9.84 Å². The number of hydrogen-bond acceptors (Lipinski definition) is 4. The first kappa shape index (κ1) is 18.2. The minimum Gasteiger partial charge on any atom is -0.344 e. The molecule has 1 saturated carbocycles. The first-order valence-electron chi connectivity index (χ1n) is 9.40. The summed E-state index contributed by atoms with van der Waals surface area (Å²) in [6.07, 6.45) is 2.65. The molecule has 1 fully saturated rings. The third-order valence-electron chi connectivity index (χ3n) is 5.21. The van der Waals surface area contributed by atoms with Crippen LogP contribution in [0.5, 0.6) is 0 Å². The Kier molecular flexibility index (Phi) is 4.18. The van der Waals surface area contributed by atoms with Crippen molar-refractivity contribution in [3.63, 3.8) is 0 Å². The summed E-state index contributed by atoms with van der Waals surface area (Å²) in [5.74, 6) is 0.274. The topological polar surface area (TPSA) is 81.1 Å². The van der Waals surface area contributed by atoms with Crippen LogP contribution in [0.3, 0.4) is 0 Å². The van der Waals surface area contributed by atoms with E-state index in [0.29, 0.717) is 28.5 Å². The van der Waals surface area contributed by atoms with Crippen LogP contribution < -0.4 is 5.32 Å². The van der Waals surface area contributed by atoms with Gasteiger partial charge in [0.2, 0.25) is 0 Å². The van der Waals surface area contributed by atoms with Gasteiger partial charge < -0.3 is 5.32 Å². The SMILES string of the molecule is CC(C)(C)n1nc(C(=O)N[C@@H]2CCS(=O)(=O)c3ccccc32)cc1C1CC1. The van der Waals surface area contributed by atoms with Crippen molar-refractivity contribution in [1.29, 1.82) is 0 Å². The summed E-state index contributed by atoms with van der Waals surface area (Å²) < 4.78 is 26.5. The molecule has 1 aromatic heterocycles. The number of nitrogens with zero attached hydrogens (tertiary/aromatic N) is 2. The van der Waals surface area contributed by atoms with Gasteiger partial charge in [-0.3, -0.25) is 9.48 Å². The average Bonchev–Trinajstić information content (AvgIpc) is 3.34. The Hall–Kier alpha value is -2.15. The van der Waals surface area contributed by atoms with Crippen LogP contribution in [0, 0.1) is 0 Å². The lowest BCUT2D eigenvalue weighted by Gasteiger charge is -2.26.